The number of phenols is 1. The summed E-state index contributed by atoms with van der Waals surface area (Å²) in [5.74, 6) is -2.46. The smallest absolute Gasteiger partial charge is 0.327 e. The van der Waals surface area contributed by atoms with E-state index < -0.39 is 33.7 Å². The van der Waals surface area contributed by atoms with E-state index in [4.69, 9.17) is 5.73 Å². The number of carbonyl (C=O) groups is 2. The molecule has 1 unspecified atom stereocenters. The fraction of sp³-hybridized carbons (Fsp3) is 0.385. The lowest BCUT2D eigenvalue weighted by Crippen LogP contribution is -2.59. The Morgan fingerprint density at radius 3 is 2.52 bits per heavy atom. The highest BCUT2D eigenvalue weighted by atomic mass is 32.2. The zero-order chi connectivity index (χ0) is 17.4. The topological polar surface area (TPSA) is 141 Å². The first-order chi connectivity index (χ1) is 10.6. The van der Waals surface area contributed by atoms with Crippen molar-refractivity contribution in [2.45, 2.75) is 6.04 Å². The molecule has 1 aliphatic heterocycles. The summed E-state index contributed by atoms with van der Waals surface area (Å²) in [5.41, 5.74) is 5.41. The third-order valence-corrected chi connectivity index (χ3v) is 4.93. The van der Waals surface area contributed by atoms with Crippen molar-refractivity contribution in [3.8, 4) is 5.75 Å². The Balaban J connectivity index is 2.33. The van der Waals surface area contributed by atoms with Gasteiger partial charge in [0.15, 0.2) is 5.75 Å². The van der Waals surface area contributed by atoms with E-state index in [1.54, 1.807) is 0 Å². The number of aliphatic carboxylic acids is 1. The standard InChI is InChI=1S/C13H17N3O6S/c1-23(21,22)15-5-6-16(10(7-15)13(19)20)12(18)8-3-2-4-9(14)11(8)17/h2-4,10,17H,5-7,14H2,1H3,(H,19,20). The number of nitrogens with two attached hydrogens (primary N) is 1. The average Bonchev–Trinajstić information content (AvgIpc) is 2.47. The molecule has 0 saturated carbocycles. The summed E-state index contributed by atoms with van der Waals surface area (Å²) < 4.78 is 24.2. The maximum atomic E-state index is 12.5. The first kappa shape index (κ1) is 17.0. The molecule has 4 N–H and O–H groups in total. The number of nitrogens with zero attached hydrogens (tertiary/aromatic N) is 2. The van der Waals surface area contributed by atoms with E-state index in [9.17, 15) is 28.2 Å². The predicted octanol–water partition coefficient (Wildman–Crippen LogP) is -0.855. The number of sulfonamides is 1. The molecule has 0 aromatic heterocycles. The van der Waals surface area contributed by atoms with Gasteiger partial charge in [0.05, 0.1) is 17.5 Å². The molecule has 1 aromatic carbocycles. The van der Waals surface area contributed by atoms with Gasteiger partial charge in [-0.2, -0.15) is 4.31 Å². The van der Waals surface area contributed by atoms with Crippen LogP contribution >= 0.6 is 0 Å². The van der Waals surface area contributed by atoms with E-state index in [0.29, 0.717) is 0 Å². The molecule has 1 atom stereocenters. The van der Waals surface area contributed by atoms with Crippen molar-refractivity contribution >= 4 is 27.6 Å². The van der Waals surface area contributed by atoms with E-state index in [1.807, 2.05) is 0 Å². The number of rotatable bonds is 3. The fourth-order valence-electron chi connectivity index (χ4n) is 2.40. The molecule has 0 spiro atoms. The van der Waals surface area contributed by atoms with Gasteiger partial charge in [-0.15, -0.1) is 0 Å². The molecule has 1 aromatic rings. The summed E-state index contributed by atoms with van der Waals surface area (Å²) in [6.07, 6.45) is 0.979. The zero-order valence-corrected chi connectivity index (χ0v) is 13.2. The molecule has 1 saturated heterocycles. The van der Waals surface area contributed by atoms with Crippen LogP contribution in [0.5, 0.6) is 5.75 Å². The van der Waals surface area contributed by atoms with Gasteiger partial charge in [-0.25, -0.2) is 13.2 Å². The molecular weight excluding hydrogens is 326 g/mol. The summed E-state index contributed by atoms with van der Waals surface area (Å²) in [5, 5.41) is 19.2. The molecule has 2 rings (SSSR count). The normalized spacial score (nSPS) is 19.5. The summed E-state index contributed by atoms with van der Waals surface area (Å²) in [6, 6.07) is 2.86. The average molecular weight is 343 g/mol. The second-order valence-electron chi connectivity index (χ2n) is 5.22. The Labute approximate surface area is 133 Å². The molecular formula is C13H17N3O6S. The first-order valence-electron chi connectivity index (χ1n) is 6.69. The Kier molecular flexibility index (Phi) is 4.48. The number of para-hydroxylation sites is 1. The maximum Gasteiger partial charge on any atom is 0.327 e. The number of benzene rings is 1. The number of phenolic OH excluding ortho intramolecular Hbond substituents is 1. The van der Waals surface area contributed by atoms with Gasteiger partial charge in [-0.05, 0) is 12.1 Å². The lowest BCUT2D eigenvalue weighted by molar-refractivity contribution is -0.143. The lowest BCUT2D eigenvalue weighted by atomic mass is 10.1. The lowest BCUT2D eigenvalue weighted by Gasteiger charge is -2.38. The van der Waals surface area contributed by atoms with Gasteiger partial charge < -0.3 is 20.8 Å². The SMILES string of the molecule is CS(=O)(=O)N1CCN(C(=O)c2cccc(N)c2O)C(C(=O)O)C1. The van der Waals surface area contributed by atoms with Gasteiger partial charge in [-0.1, -0.05) is 6.07 Å². The Bertz CT molecular complexity index is 748. The van der Waals surface area contributed by atoms with Crippen LogP contribution < -0.4 is 5.73 Å². The van der Waals surface area contributed by atoms with Crippen LogP contribution in [0, 0.1) is 0 Å². The largest absolute Gasteiger partial charge is 0.505 e. The fourth-order valence-corrected chi connectivity index (χ4v) is 3.23. The van der Waals surface area contributed by atoms with Gasteiger partial charge in [0.25, 0.3) is 5.91 Å². The van der Waals surface area contributed by atoms with Gasteiger partial charge in [-0.3, -0.25) is 4.79 Å². The van der Waals surface area contributed by atoms with Crippen molar-refractivity contribution in [1.29, 1.82) is 0 Å². The van der Waals surface area contributed by atoms with E-state index in [1.165, 1.54) is 18.2 Å². The maximum absolute atomic E-state index is 12.5. The van der Waals surface area contributed by atoms with E-state index >= 15 is 0 Å². The summed E-state index contributed by atoms with van der Waals surface area (Å²) in [7, 11) is -3.56. The van der Waals surface area contributed by atoms with Crippen LogP contribution in [-0.4, -0.2) is 71.6 Å². The number of carboxylic acid groups (broad SMARTS) is 1. The monoisotopic (exact) mass is 343 g/mol. The van der Waals surface area contributed by atoms with E-state index in [2.05, 4.69) is 0 Å². The van der Waals surface area contributed by atoms with Crippen LogP contribution in [0.15, 0.2) is 18.2 Å². The van der Waals surface area contributed by atoms with E-state index in [0.717, 1.165) is 15.5 Å². The van der Waals surface area contributed by atoms with E-state index in [-0.39, 0.29) is 30.9 Å². The molecule has 126 valence electrons. The minimum Gasteiger partial charge on any atom is -0.505 e. The van der Waals surface area contributed by atoms with Crippen molar-refractivity contribution in [3.63, 3.8) is 0 Å². The number of amides is 1. The van der Waals surface area contributed by atoms with Crippen molar-refractivity contribution in [3.05, 3.63) is 23.8 Å². The zero-order valence-electron chi connectivity index (χ0n) is 12.3. The number of nitrogen functional groups attached to an aromatic ring is 1. The van der Waals surface area contributed by atoms with Gasteiger partial charge in [0, 0.05) is 19.6 Å². The highest BCUT2D eigenvalue weighted by Crippen LogP contribution is 2.27. The van der Waals surface area contributed by atoms with Crippen LogP contribution in [0.2, 0.25) is 0 Å². The third kappa shape index (κ3) is 3.37. The highest BCUT2D eigenvalue weighted by molar-refractivity contribution is 7.88. The summed E-state index contributed by atoms with van der Waals surface area (Å²) in [6.45, 7) is -0.461. The molecule has 9 nitrogen and oxygen atoms in total. The Morgan fingerprint density at radius 1 is 1.30 bits per heavy atom. The molecule has 1 amide bonds. The summed E-state index contributed by atoms with van der Waals surface area (Å²) >= 11 is 0. The van der Waals surface area contributed by atoms with Crippen LogP contribution in [0.3, 0.4) is 0 Å². The van der Waals surface area contributed by atoms with Crippen LogP contribution in [0.1, 0.15) is 10.4 Å². The Morgan fingerprint density at radius 2 is 1.96 bits per heavy atom. The van der Waals surface area contributed by atoms with Crippen molar-refractivity contribution in [2.24, 2.45) is 0 Å². The minimum atomic E-state index is -3.56. The number of anilines is 1. The molecule has 10 heteroatoms. The number of aromatic hydroxyl groups is 1. The molecule has 1 aliphatic rings. The quantitative estimate of drug-likeness (QED) is 0.479. The molecule has 0 aliphatic carbocycles. The Hall–Kier alpha value is -2.33. The third-order valence-electron chi connectivity index (χ3n) is 3.66. The van der Waals surface area contributed by atoms with Crippen LogP contribution in [-0.2, 0) is 14.8 Å². The van der Waals surface area contributed by atoms with Crippen LogP contribution in [0.25, 0.3) is 0 Å². The number of carbonyl (C=O) groups excluding carboxylic acids is 1. The van der Waals surface area contributed by atoms with Crippen molar-refractivity contribution in [2.75, 3.05) is 31.6 Å². The predicted molar refractivity (Wildman–Crippen MR) is 81.4 cm³/mol. The van der Waals surface area contributed by atoms with Gasteiger partial charge >= 0.3 is 5.97 Å². The van der Waals surface area contributed by atoms with Crippen molar-refractivity contribution in [1.82, 2.24) is 9.21 Å². The second kappa shape index (κ2) is 6.05. The molecule has 0 bridgehead atoms. The summed E-state index contributed by atoms with van der Waals surface area (Å²) in [4.78, 5) is 25.0. The number of carboxylic acids is 1. The number of piperazine rings is 1. The molecule has 1 fully saturated rings. The number of hydrogen-bond acceptors (Lipinski definition) is 6. The minimum absolute atomic E-state index is 0.00232. The molecule has 23 heavy (non-hydrogen) atoms. The molecule has 1 heterocycles. The number of hydrogen-bond donors (Lipinski definition) is 3. The molecule has 0 radical (unpaired) electrons. The van der Waals surface area contributed by atoms with Crippen molar-refractivity contribution < 1.29 is 28.2 Å². The highest BCUT2D eigenvalue weighted by Gasteiger charge is 2.39. The first-order valence-corrected chi connectivity index (χ1v) is 8.54. The second-order valence-corrected chi connectivity index (χ2v) is 7.20. The van der Waals surface area contributed by atoms with Gasteiger partial charge in [0.2, 0.25) is 10.0 Å². The van der Waals surface area contributed by atoms with Gasteiger partial charge in [0.1, 0.15) is 6.04 Å². The van der Waals surface area contributed by atoms with Crippen LogP contribution in [0.4, 0.5) is 5.69 Å².